The van der Waals surface area contributed by atoms with Gasteiger partial charge in [0.2, 0.25) is 0 Å². The highest BCUT2D eigenvalue weighted by atomic mass is 35.5. The summed E-state index contributed by atoms with van der Waals surface area (Å²) in [5.74, 6) is 0. The van der Waals surface area contributed by atoms with Crippen LogP contribution in [0.3, 0.4) is 0 Å². The number of benzene rings is 1. The molecule has 13 heavy (non-hydrogen) atoms. The Labute approximate surface area is 80.7 Å². The van der Waals surface area contributed by atoms with Gasteiger partial charge in [0.15, 0.2) is 0 Å². The van der Waals surface area contributed by atoms with Crippen LogP contribution in [0.15, 0.2) is 18.2 Å². The summed E-state index contributed by atoms with van der Waals surface area (Å²) in [5.41, 5.74) is 2.40. The maximum atomic E-state index is 8.67. The van der Waals surface area contributed by atoms with E-state index in [9.17, 15) is 0 Å². The van der Waals surface area contributed by atoms with Crippen LogP contribution in [-0.4, -0.2) is 4.98 Å². The van der Waals surface area contributed by atoms with E-state index < -0.39 is 0 Å². The van der Waals surface area contributed by atoms with Gasteiger partial charge in [-0.1, -0.05) is 23.7 Å². The minimum atomic E-state index is 0.544. The molecule has 0 aliphatic carbocycles. The zero-order valence-corrected chi connectivity index (χ0v) is 7.81. The molecule has 1 aromatic carbocycles. The van der Waals surface area contributed by atoms with Crippen LogP contribution in [0.25, 0.3) is 10.9 Å². The van der Waals surface area contributed by atoms with Crippen molar-refractivity contribution in [3.63, 3.8) is 0 Å². The van der Waals surface area contributed by atoms with Crippen molar-refractivity contribution in [3.8, 4) is 6.07 Å². The summed E-state index contributed by atoms with van der Waals surface area (Å²) < 4.78 is 0. The molecule has 0 saturated heterocycles. The molecule has 0 unspecified atom stereocenters. The van der Waals surface area contributed by atoms with Crippen molar-refractivity contribution in [1.82, 2.24) is 4.98 Å². The highest BCUT2D eigenvalue weighted by Gasteiger charge is 2.05. The van der Waals surface area contributed by atoms with Gasteiger partial charge in [0.05, 0.1) is 10.5 Å². The first kappa shape index (κ1) is 8.15. The van der Waals surface area contributed by atoms with Gasteiger partial charge in [-0.15, -0.1) is 0 Å². The predicted molar refractivity (Wildman–Crippen MR) is 52.8 cm³/mol. The van der Waals surface area contributed by atoms with Gasteiger partial charge >= 0.3 is 0 Å². The van der Waals surface area contributed by atoms with E-state index in [1.807, 2.05) is 25.1 Å². The number of rotatable bonds is 0. The number of nitrogens with one attached hydrogen (secondary N) is 1. The normalized spacial score (nSPS) is 10.2. The van der Waals surface area contributed by atoms with E-state index in [-0.39, 0.29) is 0 Å². The molecule has 0 bridgehead atoms. The van der Waals surface area contributed by atoms with Crippen LogP contribution in [0.4, 0.5) is 0 Å². The van der Waals surface area contributed by atoms with E-state index in [1.54, 1.807) is 6.07 Å². The van der Waals surface area contributed by atoms with Crippen molar-refractivity contribution in [1.29, 1.82) is 5.26 Å². The molecule has 0 amide bonds. The highest BCUT2D eigenvalue weighted by molar-refractivity contribution is 6.35. The Bertz CT molecular complexity index is 505. The van der Waals surface area contributed by atoms with E-state index in [2.05, 4.69) is 4.98 Å². The third-order valence-electron chi connectivity index (χ3n) is 2.05. The third-order valence-corrected chi connectivity index (χ3v) is 2.53. The molecule has 2 nitrogen and oxygen atoms in total. The molecule has 0 spiro atoms. The molecule has 1 aromatic heterocycles. The number of hydrogen-bond donors (Lipinski definition) is 1. The molecule has 2 rings (SSSR count). The lowest BCUT2D eigenvalue weighted by atomic mass is 10.2. The van der Waals surface area contributed by atoms with Crippen LogP contribution in [-0.2, 0) is 0 Å². The fourth-order valence-electron chi connectivity index (χ4n) is 1.33. The van der Waals surface area contributed by atoms with Crippen molar-refractivity contribution in [3.05, 3.63) is 34.5 Å². The standard InChI is InChI=1S/C10H7ClN2/c1-6-2-3-7-4-8(5-12)13-10(7)9(6)11/h2-4,13H,1H3. The lowest BCUT2D eigenvalue weighted by Crippen LogP contribution is -1.76. The number of aromatic amines is 1. The summed E-state index contributed by atoms with van der Waals surface area (Å²) in [5, 5.41) is 10.3. The Morgan fingerprint density at radius 2 is 2.23 bits per heavy atom. The van der Waals surface area contributed by atoms with Gasteiger partial charge in [0.25, 0.3) is 0 Å². The lowest BCUT2D eigenvalue weighted by Gasteiger charge is -1.97. The molecule has 0 atom stereocenters. The number of hydrogen-bond acceptors (Lipinski definition) is 1. The molecule has 0 saturated carbocycles. The molecule has 1 heterocycles. The number of aryl methyl sites for hydroxylation is 1. The number of nitriles is 1. The van der Waals surface area contributed by atoms with E-state index in [0.717, 1.165) is 16.5 Å². The molecule has 0 aliphatic rings. The maximum absolute atomic E-state index is 8.67. The second kappa shape index (κ2) is 2.79. The van der Waals surface area contributed by atoms with Gasteiger partial charge < -0.3 is 4.98 Å². The van der Waals surface area contributed by atoms with E-state index in [1.165, 1.54) is 0 Å². The number of nitrogens with zero attached hydrogens (tertiary/aromatic N) is 1. The topological polar surface area (TPSA) is 39.6 Å². The molecule has 0 aliphatic heterocycles. The van der Waals surface area contributed by atoms with Crippen LogP contribution < -0.4 is 0 Å². The van der Waals surface area contributed by atoms with Crippen LogP contribution in [0, 0.1) is 18.3 Å². The third kappa shape index (κ3) is 1.18. The van der Waals surface area contributed by atoms with Gasteiger partial charge in [0, 0.05) is 5.39 Å². The lowest BCUT2D eigenvalue weighted by molar-refractivity contribution is 1.36. The smallest absolute Gasteiger partial charge is 0.118 e. The maximum Gasteiger partial charge on any atom is 0.118 e. The Morgan fingerprint density at radius 1 is 1.46 bits per heavy atom. The van der Waals surface area contributed by atoms with E-state index >= 15 is 0 Å². The van der Waals surface area contributed by atoms with E-state index in [4.69, 9.17) is 16.9 Å². The average Bonchev–Trinajstić information content (AvgIpc) is 2.55. The minimum Gasteiger partial charge on any atom is -0.345 e. The number of fused-ring (bicyclic) bond motifs is 1. The quantitative estimate of drug-likeness (QED) is 0.682. The number of aromatic nitrogens is 1. The monoisotopic (exact) mass is 190 g/mol. The van der Waals surface area contributed by atoms with E-state index in [0.29, 0.717) is 10.7 Å². The first-order valence-electron chi connectivity index (χ1n) is 3.90. The largest absolute Gasteiger partial charge is 0.345 e. The predicted octanol–water partition coefficient (Wildman–Crippen LogP) is 3.00. The average molecular weight is 191 g/mol. The number of halogens is 1. The van der Waals surface area contributed by atoms with Crippen molar-refractivity contribution in [2.45, 2.75) is 6.92 Å². The second-order valence-electron chi connectivity index (χ2n) is 2.96. The van der Waals surface area contributed by atoms with Crippen LogP contribution >= 0.6 is 11.6 Å². The molecule has 64 valence electrons. The Kier molecular flexibility index (Phi) is 1.75. The zero-order chi connectivity index (χ0) is 9.42. The van der Waals surface area contributed by atoms with Gasteiger partial charge in [-0.3, -0.25) is 0 Å². The summed E-state index contributed by atoms with van der Waals surface area (Å²) in [6, 6.07) is 7.74. The van der Waals surface area contributed by atoms with Gasteiger partial charge in [-0.2, -0.15) is 5.26 Å². The second-order valence-corrected chi connectivity index (χ2v) is 3.33. The van der Waals surface area contributed by atoms with Crippen molar-refractivity contribution in [2.24, 2.45) is 0 Å². The summed E-state index contributed by atoms with van der Waals surface area (Å²) in [6.45, 7) is 1.94. The first-order valence-corrected chi connectivity index (χ1v) is 4.28. The van der Waals surface area contributed by atoms with Gasteiger partial charge in [-0.05, 0) is 18.6 Å². The van der Waals surface area contributed by atoms with Crippen LogP contribution in [0.5, 0.6) is 0 Å². The fraction of sp³-hybridized carbons (Fsp3) is 0.100. The Balaban J connectivity index is 2.86. The number of H-pyrrole nitrogens is 1. The van der Waals surface area contributed by atoms with Crippen LogP contribution in [0.2, 0.25) is 5.02 Å². The first-order chi connectivity index (χ1) is 6.22. The summed E-state index contributed by atoms with van der Waals surface area (Å²) >= 11 is 6.06. The fourth-order valence-corrected chi connectivity index (χ4v) is 1.55. The van der Waals surface area contributed by atoms with Gasteiger partial charge in [-0.25, -0.2) is 0 Å². The van der Waals surface area contributed by atoms with Crippen molar-refractivity contribution in [2.75, 3.05) is 0 Å². The van der Waals surface area contributed by atoms with Crippen molar-refractivity contribution >= 4 is 22.5 Å². The molecule has 3 heteroatoms. The summed E-state index contributed by atoms with van der Waals surface area (Å²) in [6.07, 6.45) is 0. The molecular formula is C10H7ClN2. The Hall–Kier alpha value is -1.46. The van der Waals surface area contributed by atoms with Crippen molar-refractivity contribution < 1.29 is 0 Å². The molecule has 0 radical (unpaired) electrons. The van der Waals surface area contributed by atoms with Gasteiger partial charge in [0.1, 0.15) is 11.8 Å². The molecule has 2 aromatic rings. The Morgan fingerprint density at radius 3 is 2.92 bits per heavy atom. The zero-order valence-electron chi connectivity index (χ0n) is 7.06. The minimum absolute atomic E-state index is 0.544. The molecule has 1 N–H and O–H groups in total. The highest BCUT2D eigenvalue weighted by Crippen LogP contribution is 2.26. The van der Waals surface area contributed by atoms with Crippen LogP contribution in [0.1, 0.15) is 11.3 Å². The molecular weight excluding hydrogens is 184 g/mol. The SMILES string of the molecule is Cc1ccc2cc(C#N)[nH]c2c1Cl. The molecule has 0 fully saturated rings. The summed E-state index contributed by atoms with van der Waals surface area (Å²) in [4.78, 5) is 2.96. The summed E-state index contributed by atoms with van der Waals surface area (Å²) in [7, 11) is 0.